The van der Waals surface area contributed by atoms with Gasteiger partial charge in [-0.05, 0) is 44.2 Å². The van der Waals surface area contributed by atoms with Gasteiger partial charge in [-0.2, -0.15) is 0 Å². The van der Waals surface area contributed by atoms with Gasteiger partial charge in [-0.25, -0.2) is 0 Å². The van der Waals surface area contributed by atoms with E-state index in [-0.39, 0.29) is 23.8 Å². The largest absolute Gasteiger partial charge is 0.472 e. The van der Waals surface area contributed by atoms with Gasteiger partial charge in [-0.1, -0.05) is 29.8 Å². The van der Waals surface area contributed by atoms with Crippen LogP contribution in [0.5, 0.6) is 0 Å². The van der Waals surface area contributed by atoms with Crippen LogP contribution in [0, 0.1) is 12.8 Å². The predicted octanol–water partition coefficient (Wildman–Crippen LogP) is 3.80. The quantitative estimate of drug-likeness (QED) is 0.830. The van der Waals surface area contributed by atoms with Crippen molar-refractivity contribution >= 4 is 11.8 Å². The molecule has 2 aliphatic rings. The van der Waals surface area contributed by atoms with Gasteiger partial charge in [0.15, 0.2) is 0 Å². The van der Waals surface area contributed by atoms with Crippen LogP contribution in [0.4, 0.5) is 0 Å². The second-order valence-electron chi connectivity index (χ2n) is 7.70. The topological polar surface area (TPSA) is 53.8 Å². The number of aryl methyl sites for hydroxylation is 1. The van der Waals surface area contributed by atoms with Crippen LogP contribution in [-0.4, -0.2) is 41.2 Å². The molecule has 1 aromatic carbocycles. The molecule has 2 unspecified atom stereocenters. The maximum Gasteiger partial charge on any atom is 0.257 e. The zero-order chi connectivity index (χ0) is 18.8. The summed E-state index contributed by atoms with van der Waals surface area (Å²) in [6.07, 6.45) is 6.75. The van der Waals surface area contributed by atoms with E-state index in [9.17, 15) is 9.59 Å². The third-order valence-corrected chi connectivity index (χ3v) is 5.82. The number of carbonyl (C=O) groups is 2. The minimum atomic E-state index is -0.111. The molecule has 142 valence electrons. The highest BCUT2D eigenvalue weighted by molar-refractivity contribution is 5.94. The van der Waals surface area contributed by atoms with Crippen molar-refractivity contribution in [2.45, 2.75) is 38.6 Å². The first-order valence-corrected chi connectivity index (χ1v) is 9.82. The second kappa shape index (κ2) is 7.59. The molecular formula is C22H26N2O3. The summed E-state index contributed by atoms with van der Waals surface area (Å²) in [6.45, 7) is 4.09. The van der Waals surface area contributed by atoms with Crippen molar-refractivity contribution in [2.75, 3.05) is 19.6 Å². The summed E-state index contributed by atoms with van der Waals surface area (Å²) in [7, 11) is 0. The molecule has 5 nitrogen and oxygen atoms in total. The minimum absolute atomic E-state index is 0.0437. The zero-order valence-electron chi connectivity index (χ0n) is 15.8. The molecule has 2 amide bonds. The lowest BCUT2D eigenvalue weighted by atomic mass is 9.95. The molecule has 0 radical (unpaired) electrons. The van der Waals surface area contributed by atoms with Crippen molar-refractivity contribution < 1.29 is 14.0 Å². The van der Waals surface area contributed by atoms with E-state index in [4.69, 9.17) is 4.42 Å². The molecule has 1 aromatic heterocycles. The zero-order valence-corrected chi connectivity index (χ0v) is 15.8. The summed E-state index contributed by atoms with van der Waals surface area (Å²) in [6, 6.07) is 10.4. The van der Waals surface area contributed by atoms with Crippen molar-refractivity contribution in [3.05, 3.63) is 59.5 Å². The van der Waals surface area contributed by atoms with Gasteiger partial charge >= 0.3 is 0 Å². The summed E-state index contributed by atoms with van der Waals surface area (Å²) in [5, 5.41) is 0. The smallest absolute Gasteiger partial charge is 0.257 e. The Hall–Kier alpha value is -2.56. The monoisotopic (exact) mass is 366 g/mol. The molecule has 2 saturated heterocycles. The number of likely N-dealkylation sites (tertiary alicyclic amines) is 2. The number of benzene rings is 1. The highest BCUT2D eigenvalue weighted by Crippen LogP contribution is 2.34. The first-order chi connectivity index (χ1) is 13.1. The van der Waals surface area contributed by atoms with Crippen LogP contribution >= 0.6 is 0 Å². The summed E-state index contributed by atoms with van der Waals surface area (Å²) in [5.74, 6) is 0.0428. The average molecular weight is 366 g/mol. The molecule has 5 heteroatoms. The molecule has 0 aliphatic carbocycles. The van der Waals surface area contributed by atoms with Crippen LogP contribution in [0.25, 0.3) is 0 Å². The molecule has 4 rings (SSSR count). The van der Waals surface area contributed by atoms with Gasteiger partial charge < -0.3 is 14.2 Å². The summed E-state index contributed by atoms with van der Waals surface area (Å²) >= 11 is 0. The summed E-state index contributed by atoms with van der Waals surface area (Å²) in [5.41, 5.74) is 3.01. The Bertz CT molecular complexity index is 797. The highest BCUT2D eigenvalue weighted by atomic mass is 16.3. The molecule has 2 fully saturated rings. The molecule has 0 spiro atoms. The van der Waals surface area contributed by atoms with Gasteiger partial charge in [-0.15, -0.1) is 0 Å². The Labute approximate surface area is 159 Å². The van der Waals surface area contributed by atoms with Crippen LogP contribution in [-0.2, 0) is 4.79 Å². The lowest BCUT2D eigenvalue weighted by Gasteiger charge is -2.35. The Morgan fingerprint density at radius 2 is 1.81 bits per heavy atom. The van der Waals surface area contributed by atoms with Crippen molar-refractivity contribution in [2.24, 2.45) is 5.92 Å². The van der Waals surface area contributed by atoms with Gasteiger partial charge in [0.25, 0.3) is 5.91 Å². The molecule has 0 saturated carbocycles. The summed E-state index contributed by atoms with van der Waals surface area (Å²) in [4.78, 5) is 29.7. The first-order valence-electron chi connectivity index (χ1n) is 9.82. The number of piperidine rings is 1. The average Bonchev–Trinajstić information content (AvgIpc) is 3.39. The van der Waals surface area contributed by atoms with E-state index in [1.165, 1.54) is 23.7 Å². The van der Waals surface area contributed by atoms with E-state index in [0.29, 0.717) is 18.7 Å². The van der Waals surface area contributed by atoms with Crippen molar-refractivity contribution in [3.63, 3.8) is 0 Å². The molecule has 3 heterocycles. The maximum absolute atomic E-state index is 13.3. The SMILES string of the molecule is Cc1ccc(C2CCCN2C(=O)C2CCCN(C(=O)c3ccoc3)C2)cc1. The maximum atomic E-state index is 13.3. The first kappa shape index (κ1) is 17.8. The van der Waals surface area contributed by atoms with E-state index in [1.54, 1.807) is 11.0 Å². The lowest BCUT2D eigenvalue weighted by Crippen LogP contribution is -2.46. The Balaban J connectivity index is 1.46. The number of hydrogen-bond donors (Lipinski definition) is 0. The van der Waals surface area contributed by atoms with Crippen LogP contribution < -0.4 is 0 Å². The van der Waals surface area contributed by atoms with Gasteiger partial charge in [0, 0.05) is 19.6 Å². The predicted molar refractivity (Wildman–Crippen MR) is 102 cm³/mol. The molecule has 27 heavy (non-hydrogen) atoms. The standard InChI is InChI=1S/C22H26N2O3/c1-16-6-8-17(9-7-16)20-5-3-12-24(20)22(26)18-4-2-11-23(14-18)21(25)19-10-13-27-15-19/h6-10,13,15,18,20H,2-5,11-12,14H2,1H3. The number of rotatable bonds is 3. The van der Waals surface area contributed by atoms with Gasteiger partial charge in [0.05, 0.1) is 23.8 Å². The van der Waals surface area contributed by atoms with Crippen LogP contribution in [0.2, 0.25) is 0 Å². The normalized spacial score (nSPS) is 22.9. The second-order valence-corrected chi connectivity index (χ2v) is 7.70. The number of carbonyl (C=O) groups excluding carboxylic acids is 2. The third kappa shape index (κ3) is 3.64. The van der Waals surface area contributed by atoms with Crippen molar-refractivity contribution in [1.29, 1.82) is 0 Å². The van der Waals surface area contributed by atoms with Gasteiger partial charge in [0.1, 0.15) is 6.26 Å². The number of nitrogens with zero attached hydrogens (tertiary/aromatic N) is 2. The summed E-state index contributed by atoms with van der Waals surface area (Å²) < 4.78 is 5.03. The molecule has 2 aromatic rings. The highest BCUT2D eigenvalue weighted by Gasteiger charge is 2.36. The fourth-order valence-electron chi connectivity index (χ4n) is 4.33. The Morgan fingerprint density at radius 3 is 2.56 bits per heavy atom. The van der Waals surface area contributed by atoms with E-state index in [2.05, 4.69) is 31.2 Å². The molecule has 0 bridgehead atoms. The Kier molecular flexibility index (Phi) is 5.01. The van der Waals surface area contributed by atoms with Crippen LogP contribution in [0.3, 0.4) is 0 Å². The number of furan rings is 1. The molecular weight excluding hydrogens is 340 g/mol. The van der Waals surface area contributed by atoms with E-state index in [0.717, 1.165) is 32.2 Å². The molecule has 2 atom stereocenters. The molecule has 2 aliphatic heterocycles. The van der Waals surface area contributed by atoms with Crippen molar-refractivity contribution in [3.8, 4) is 0 Å². The van der Waals surface area contributed by atoms with E-state index >= 15 is 0 Å². The van der Waals surface area contributed by atoms with Crippen LogP contribution in [0.15, 0.2) is 47.3 Å². The number of amides is 2. The fraction of sp³-hybridized carbons (Fsp3) is 0.455. The van der Waals surface area contributed by atoms with Crippen LogP contribution in [0.1, 0.15) is 53.2 Å². The fourth-order valence-corrected chi connectivity index (χ4v) is 4.33. The van der Waals surface area contributed by atoms with Crippen molar-refractivity contribution in [1.82, 2.24) is 9.80 Å². The van der Waals surface area contributed by atoms with E-state index < -0.39 is 0 Å². The van der Waals surface area contributed by atoms with E-state index in [1.807, 2.05) is 4.90 Å². The Morgan fingerprint density at radius 1 is 1.04 bits per heavy atom. The van der Waals surface area contributed by atoms with Gasteiger partial charge in [0.2, 0.25) is 5.91 Å². The third-order valence-electron chi connectivity index (χ3n) is 5.82. The minimum Gasteiger partial charge on any atom is -0.472 e. The lowest BCUT2D eigenvalue weighted by molar-refractivity contribution is -0.137. The molecule has 0 N–H and O–H groups in total. The number of hydrogen-bond acceptors (Lipinski definition) is 3. The van der Waals surface area contributed by atoms with Gasteiger partial charge in [-0.3, -0.25) is 9.59 Å².